The predicted molar refractivity (Wildman–Crippen MR) is 27.8 cm³/mol. The summed E-state index contributed by atoms with van der Waals surface area (Å²) in [6, 6.07) is 2.05. The Balaban J connectivity index is 2.35. The van der Waals surface area contributed by atoms with E-state index in [1.807, 2.05) is 0 Å². The van der Waals surface area contributed by atoms with Crippen molar-refractivity contribution in [2.45, 2.75) is 25.4 Å². The molecule has 2 heteroatoms. The van der Waals surface area contributed by atoms with Crippen LogP contribution in [0.5, 0.6) is 0 Å². The molecule has 8 heavy (non-hydrogen) atoms. The lowest BCUT2D eigenvalue weighted by Crippen LogP contribution is -1.91. The molecular weight excluding hydrogens is 105 g/mol. The zero-order chi connectivity index (χ0) is 5.98. The second-order valence-electron chi connectivity index (χ2n) is 2.24. The summed E-state index contributed by atoms with van der Waals surface area (Å²) in [6.45, 7) is 0. The van der Waals surface area contributed by atoms with Crippen molar-refractivity contribution in [2.75, 3.05) is 0 Å². The molecule has 0 spiro atoms. The van der Waals surface area contributed by atoms with E-state index in [1.165, 1.54) is 0 Å². The van der Waals surface area contributed by atoms with Crippen molar-refractivity contribution in [1.29, 1.82) is 5.26 Å². The van der Waals surface area contributed by atoms with Crippen LogP contribution < -0.4 is 0 Å². The summed E-state index contributed by atoms with van der Waals surface area (Å²) in [6.07, 6.45) is 1.13. The molecule has 44 valence electrons. The third-order valence-corrected chi connectivity index (χ3v) is 1.55. The van der Waals surface area contributed by atoms with Crippen LogP contribution in [0.1, 0.15) is 19.3 Å². The molecule has 1 aliphatic carbocycles. The van der Waals surface area contributed by atoms with Gasteiger partial charge in [-0.1, -0.05) is 0 Å². The smallest absolute Gasteiger partial charge is 0.101 e. The number of hydrogen-bond acceptors (Lipinski definition) is 1. The second-order valence-corrected chi connectivity index (χ2v) is 2.24. The topological polar surface area (TPSA) is 23.8 Å². The van der Waals surface area contributed by atoms with Crippen LogP contribution in [0.15, 0.2) is 0 Å². The van der Waals surface area contributed by atoms with Gasteiger partial charge in [0.2, 0.25) is 0 Å². The normalized spacial score (nSPS) is 37.0. The lowest BCUT2D eigenvalue weighted by molar-refractivity contribution is 0.338. The fourth-order valence-electron chi connectivity index (χ4n) is 1.04. The second kappa shape index (κ2) is 2.13. The van der Waals surface area contributed by atoms with Gasteiger partial charge in [0.15, 0.2) is 0 Å². The van der Waals surface area contributed by atoms with Gasteiger partial charge in [0.25, 0.3) is 0 Å². The predicted octanol–water partition coefficient (Wildman–Crippen LogP) is 1.65. The molecule has 0 heterocycles. The average molecular weight is 113 g/mol. The first-order valence-electron chi connectivity index (χ1n) is 2.86. The van der Waals surface area contributed by atoms with Crippen LogP contribution in [0.25, 0.3) is 0 Å². The summed E-state index contributed by atoms with van der Waals surface area (Å²) < 4.78 is 12.2. The molecule has 0 aromatic rings. The van der Waals surface area contributed by atoms with E-state index in [1.54, 1.807) is 0 Å². The fraction of sp³-hybridized carbons (Fsp3) is 0.833. The van der Waals surface area contributed by atoms with E-state index < -0.39 is 6.17 Å². The standard InChI is InChI=1S/C6H8FN/c7-6-2-1-5(3-6)4-8/h5-6H,1-3H2/t5-,6+/m1/s1. The SMILES string of the molecule is N#C[C@@H]1CC[C@H](F)C1. The van der Waals surface area contributed by atoms with Crippen LogP contribution >= 0.6 is 0 Å². The molecule has 1 aliphatic rings. The van der Waals surface area contributed by atoms with Gasteiger partial charge in [-0.25, -0.2) is 4.39 Å². The van der Waals surface area contributed by atoms with Gasteiger partial charge < -0.3 is 0 Å². The number of rotatable bonds is 0. The molecule has 0 radical (unpaired) electrons. The molecule has 0 aromatic heterocycles. The monoisotopic (exact) mass is 113 g/mol. The minimum Gasteiger partial charge on any atom is -0.247 e. The molecule has 0 amide bonds. The third kappa shape index (κ3) is 0.975. The minimum atomic E-state index is -0.695. The van der Waals surface area contributed by atoms with Gasteiger partial charge in [0.05, 0.1) is 6.07 Å². The Morgan fingerprint density at radius 1 is 1.50 bits per heavy atom. The largest absolute Gasteiger partial charge is 0.247 e. The van der Waals surface area contributed by atoms with E-state index in [-0.39, 0.29) is 5.92 Å². The van der Waals surface area contributed by atoms with Gasteiger partial charge in [0.1, 0.15) is 6.17 Å². The van der Waals surface area contributed by atoms with Crippen LogP contribution in [0.4, 0.5) is 4.39 Å². The van der Waals surface area contributed by atoms with Gasteiger partial charge in [-0.2, -0.15) is 5.26 Å². The Morgan fingerprint density at radius 2 is 2.25 bits per heavy atom. The number of alkyl halides is 1. The van der Waals surface area contributed by atoms with E-state index in [4.69, 9.17) is 5.26 Å². The number of nitrogens with zero attached hydrogens (tertiary/aromatic N) is 1. The number of halogens is 1. The Hall–Kier alpha value is -0.580. The van der Waals surface area contributed by atoms with Crippen molar-refractivity contribution < 1.29 is 4.39 Å². The van der Waals surface area contributed by atoms with Crippen molar-refractivity contribution in [3.63, 3.8) is 0 Å². The Morgan fingerprint density at radius 3 is 2.50 bits per heavy atom. The highest BCUT2D eigenvalue weighted by atomic mass is 19.1. The summed E-state index contributed by atoms with van der Waals surface area (Å²) in [7, 11) is 0. The molecule has 1 rings (SSSR count). The van der Waals surface area contributed by atoms with Crippen molar-refractivity contribution >= 4 is 0 Å². The van der Waals surface area contributed by atoms with E-state index in [0.717, 1.165) is 6.42 Å². The molecule has 0 aromatic carbocycles. The van der Waals surface area contributed by atoms with Gasteiger partial charge in [0, 0.05) is 5.92 Å². The van der Waals surface area contributed by atoms with Crippen molar-refractivity contribution in [2.24, 2.45) is 5.92 Å². The van der Waals surface area contributed by atoms with Crippen LogP contribution in [0.2, 0.25) is 0 Å². The first-order chi connectivity index (χ1) is 3.83. The quantitative estimate of drug-likeness (QED) is 0.468. The van der Waals surface area contributed by atoms with Gasteiger partial charge in [-0.15, -0.1) is 0 Å². The van der Waals surface area contributed by atoms with Crippen LogP contribution in [0.3, 0.4) is 0 Å². The van der Waals surface area contributed by atoms with Crippen molar-refractivity contribution in [3.05, 3.63) is 0 Å². The molecule has 1 saturated carbocycles. The maximum atomic E-state index is 12.2. The maximum absolute atomic E-state index is 12.2. The van der Waals surface area contributed by atoms with E-state index in [9.17, 15) is 4.39 Å². The minimum absolute atomic E-state index is 0.00463. The van der Waals surface area contributed by atoms with Gasteiger partial charge in [-0.05, 0) is 19.3 Å². The lowest BCUT2D eigenvalue weighted by atomic mass is 10.1. The maximum Gasteiger partial charge on any atom is 0.101 e. The summed E-state index contributed by atoms with van der Waals surface area (Å²) in [4.78, 5) is 0. The van der Waals surface area contributed by atoms with Crippen LogP contribution in [-0.4, -0.2) is 6.17 Å². The lowest BCUT2D eigenvalue weighted by Gasteiger charge is -1.91. The van der Waals surface area contributed by atoms with Crippen molar-refractivity contribution in [3.8, 4) is 6.07 Å². The van der Waals surface area contributed by atoms with E-state index in [2.05, 4.69) is 6.07 Å². The molecule has 1 fully saturated rings. The highest BCUT2D eigenvalue weighted by Gasteiger charge is 2.23. The fourth-order valence-corrected chi connectivity index (χ4v) is 1.04. The number of hydrogen-bond donors (Lipinski definition) is 0. The first-order valence-corrected chi connectivity index (χ1v) is 2.86. The zero-order valence-corrected chi connectivity index (χ0v) is 4.60. The Bertz CT molecular complexity index is 116. The number of nitriles is 1. The third-order valence-electron chi connectivity index (χ3n) is 1.55. The van der Waals surface area contributed by atoms with Crippen LogP contribution in [0, 0.1) is 17.2 Å². The van der Waals surface area contributed by atoms with E-state index in [0.29, 0.717) is 12.8 Å². The Labute approximate surface area is 48.1 Å². The highest BCUT2D eigenvalue weighted by Crippen LogP contribution is 2.26. The summed E-state index contributed by atoms with van der Waals surface area (Å²) in [5, 5.41) is 8.27. The highest BCUT2D eigenvalue weighted by molar-refractivity contribution is 4.89. The molecule has 0 saturated heterocycles. The zero-order valence-electron chi connectivity index (χ0n) is 4.60. The summed E-state index contributed by atoms with van der Waals surface area (Å²) in [5.74, 6) is 0.00463. The molecule has 1 nitrogen and oxygen atoms in total. The molecule has 0 aliphatic heterocycles. The first kappa shape index (κ1) is 5.55. The van der Waals surface area contributed by atoms with Crippen LogP contribution in [-0.2, 0) is 0 Å². The molecule has 2 atom stereocenters. The molecule has 0 unspecified atom stereocenters. The Kier molecular flexibility index (Phi) is 1.48. The summed E-state index contributed by atoms with van der Waals surface area (Å²) in [5.41, 5.74) is 0. The van der Waals surface area contributed by atoms with E-state index >= 15 is 0 Å². The van der Waals surface area contributed by atoms with Crippen molar-refractivity contribution in [1.82, 2.24) is 0 Å². The molecular formula is C6H8FN. The van der Waals surface area contributed by atoms with Gasteiger partial charge in [-0.3, -0.25) is 0 Å². The molecule has 0 N–H and O–H groups in total. The average Bonchev–Trinajstić information content (AvgIpc) is 2.14. The summed E-state index contributed by atoms with van der Waals surface area (Å²) >= 11 is 0. The van der Waals surface area contributed by atoms with Gasteiger partial charge >= 0.3 is 0 Å². The molecule has 0 bridgehead atoms.